The average Bonchev–Trinajstić information content (AvgIpc) is 3.08. The van der Waals surface area contributed by atoms with Crippen molar-refractivity contribution < 1.29 is 4.79 Å². The molecule has 0 radical (unpaired) electrons. The van der Waals surface area contributed by atoms with Gasteiger partial charge in [0.1, 0.15) is 17.8 Å². The summed E-state index contributed by atoms with van der Waals surface area (Å²) in [5.41, 5.74) is 1.39. The molecule has 21 heavy (non-hydrogen) atoms. The minimum absolute atomic E-state index is 0.202. The molecule has 0 saturated carbocycles. The lowest BCUT2D eigenvalue weighted by Crippen LogP contribution is -2.29. The van der Waals surface area contributed by atoms with Crippen LogP contribution in [0.25, 0.3) is 0 Å². The second-order valence-corrected chi connectivity index (χ2v) is 5.06. The highest BCUT2D eigenvalue weighted by molar-refractivity contribution is 5.92. The van der Waals surface area contributed by atoms with Crippen LogP contribution in [0.3, 0.4) is 0 Å². The topological polar surface area (TPSA) is 88.5 Å². The molecule has 0 aliphatic rings. The molecule has 0 aromatic carbocycles. The van der Waals surface area contributed by atoms with E-state index in [2.05, 4.69) is 39.4 Å². The van der Waals surface area contributed by atoms with Crippen LogP contribution in [0, 0.1) is 0 Å². The fourth-order valence-corrected chi connectivity index (χ4v) is 2.20. The third kappa shape index (κ3) is 3.68. The Balaban J connectivity index is 2.02. The van der Waals surface area contributed by atoms with Crippen molar-refractivity contribution in [1.29, 1.82) is 0 Å². The zero-order valence-electron chi connectivity index (χ0n) is 12.8. The molecule has 2 aromatic heterocycles. The molecule has 0 saturated heterocycles. The van der Waals surface area contributed by atoms with Gasteiger partial charge in [-0.3, -0.25) is 9.89 Å². The highest BCUT2D eigenvalue weighted by Crippen LogP contribution is 2.10. The van der Waals surface area contributed by atoms with Crippen LogP contribution in [-0.2, 0) is 13.0 Å². The standard InChI is InChI=1S/C14H22N6O/c1-4-6-11-8-12(19-18-11)14(21)17-10(3)13-15-9-16-20(13)7-5-2/h8-10H,4-7H2,1-3H3,(H,17,21)(H,18,19)/t10-/m0/s1. The van der Waals surface area contributed by atoms with Crippen LogP contribution in [0.2, 0.25) is 0 Å². The molecule has 0 unspecified atom stereocenters. The van der Waals surface area contributed by atoms with Crippen LogP contribution in [0.5, 0.6) is 0 Å². The molecule has 0 aliphatic heterocycles. The van der Waals surface area contributed by atoms with Crippen molar-refractivity contribution in [3.8, 4) is 0 Å². The molecule has 1 amide bonds. The zero-order chi connectivity index (χ0) is 15.2. The Bertz CT molecular complexity index is 588. The summed E-state index contributed by atoms with van der Waals surface area (Å²) in [4.78, 5) is 16.4. The van der Waals surface area contributed by atoms with Gasteiger partial charge in [-0.1, -0.05) is 20.3 Å². The van der Waals surface area contributed by atoms with Crippen molar-refractivity contribution in [3.63, 3.8) is 0 Å². The maximum atomic E-state index is 12.2. The van der Waals surface area contributed by atoms with Gasteiger partial charge in [0.2, 0.25) is 0 Å². The monoisotopic (exact) mass is 290 g/mol. The number of hydrogen-bond donors (Lipinski definition) is 2. The maximum absolute atomic E-state index is 12.2. The number of aryl methyl sites for hydroxylation is 2. The second kappa shape index (κ2) is 7.01. The number of amides is 1. The largest absolute Gasteiger partial charge is 0.341 e. The Morgan fingerprint density at radius 1 is 1.43 bits per heavy atom. The molecule has 0 bridgehead atoms. The van der Waals surface area contributed by atoms with E-state index in [1.165, 1.54) is 6.33 Å². The number of aromatic amines is 1. The third-order valence-electron chi connectivity index (χ3n) is 3.20. The van der Waals surface area contributed by atoms with Gasteiger partial charge >= 0.3 is 0 Å². The Morgan fingerprint density at radius 3 is 2.95 bits per heavy atom. The van der Waals surface area contributed by atoms with E-state index >= 15 is 0 Å². The van der Waals surface area contributed by atoms with Gasteiger partial charge < -0.3 is 5.32 Å². The predicted molar refractivity (Wildman–Crippen MR) is 78.8 cm³/mol. The van der Waals surface area contributed by atoms with Crippen LogP contribution in [0.4, 0.5) is 0 Å². The molecule has 2 aromatic rings. The summed E-state index contributed by atoms with van der Waals surface area (Å²) in [6.45, 7) is 6.85. The number of aromatic nitrogens is 5. The third-order valence-corrected chi connectivity index (χ3v) is 3.20. The zero-order valence-corrected chi connectivity index (χ0v) is 12.8. The molecule has 114 valence electrons. The Morgan fingerprint density at radius 2 is 2.24 bits per heavy atom. The smallest absolute Gasteiger partial charge is 0.272 e. The second-order valence-electron chi connectivity index (χ2n) is 5.06. The number of nitrogens with zero attached hydrogens (tertiary/aromatic N) is 4. The van der Waals surface area contributed by atoms with Crippen molar-refractivity contribution in [1.82, 2.24) is 30.3 Å². The predicted octanol–water partition coefficient (Wildman–Crippen LogP) is 1.85. The molecule has 7 nitrogen and oxygen atoms in total. The van der Waals surface area contributed by atoms with E-state index in [-0.39, 0.29) is 11.9 Å². The highest BCUT2D eigenvalue weighted by Gasteiger charge is 2.18. The SMILES string of the molecule is CCCc1cc(C(=O)N[C@@H](C)c2ncnn2CCC)n[nH]1. The van der Waals surface area contributed by atoms with Crippen molar-refractivity contribution in [2.45, 2.75) is 52.6 Å². The minimum Gasteiger partial charge on any atom is -0.341 e. The van der Waals surface area contributed by atoms with Crippen molar-refractivity contribution >= 4 is 5.91 Å². The van der Waals surface area contributed by atoms with Crippen LogP contribution >= 0.6 is 0 Å². The van der Waals surface area contributed by atoms with Gasteiger partial charge in [-0.15, -0.1) is 0 Å². The normalized spacial score (nSPS) is 12.3. The fourth-order valence-electron chi connectivity index (χ4n) is 2.20. The number of carbonyl (C=O) groups is 1. The first-order valence-electron chi connectivity index (χ1n) is 7.38. The van der Waals surface area contributed by atoms with E-state index in [4.69, 9.17) is 0 Å². The summed E-state index contributed by atoms with van der Waals surface area (Å²) in [7, 11) is 0. The summed E-state index contributed by atoms with van der Waals surface area (Å²) in [5.74, 6) is 0.557. The van der Waals surface area contributed by atoms with Crippen molar-refractivity contribution in [2.75, 3.05) is 0 Å². The van der Waals surface area contributed by atoms with E-state index in [1.54, 1.807) is 6.07 Å². The fraction of sp³-hybridized carbons (Fsp3) is 0.571. The molecular weight excluding hydrogens is 268 g/mol. The van der Waals surface area contributed by atoms with Crippen LogP contribution in [-0.4, -0.2) is 30.9 Å². The first kappa shape index (κ1) is 15.2. The van der Waals surface area contributed by atoms with Gasteiger partial charge in [0.05, 0.1) is 6.04 Å². The molecule has 7 heteroatoms. The number of hydrogen-bond acceptors (Lipinski definition) is 4. The summed E-state index contributed by atoms with van der Waals surface area (Å²) < 4.78 is 1.82. The number of H-pyrrole nitrogens is 1. The van der Waals surface area contributed by atoms with E-state index in [1.807, 2.05) is 11.6 Å². The van der Waals surface area contributed by atoms with Crippen molar-refractivity contribution in [2.24, 2.45) is 0 Å². The lowest BCUT2D eigenvalue weighted by Gasteiger charge is -2.13. The molecule has 2 rings (SSSR count). The van der Waals surface area contributed by atoms with Crippen molar-refractivity contribution in [3.05, 3.63) is 29.6 Å². The number of rotatable bonds is 7. The van der Waals surface area contributed by atoms with Gasteiger partial charge in [0.25, 0.3) is 5.91 Å². The van der Waals surface area contributed by atoms with Gasteiger partial charge in [-0.2, -0.15) is 10.2 Å². The lowest BCUT2D eigenvalue weighted by atomic mass is 10.2. The lowest BCUT2D eigenvalue weighted by molar-refractivity contribution is 0.0932. The van der Waals surface area contributed by atoms with E-state index in [0.717, 1.165) is 37.3 Å². The van der Waals surface area contributed by atoms with E-state index < -0.39 is 0 Å². The molecular formula is C14H22N6O. The molecule has 2 heterocycles. The summed E-state index contributed by atoms with van der Waals surface area (Å²) in [5, 5.41) is 14.0. The van der Waals surface area contributed by atoms with Gasteiger partial charge in [-0.05, 0) is 25.8 Å². The molecule has 0 spiro atoms. The van der Waals surface area contributed by atoms with E-state index in [0.29, 0.717) is 5.69 Å². The first-order valence-corrected chi connectivity index (χ1v) is 7.38. The Kier molecular flexibility index (Phi) is 5.08. The number of nitrogens with one attached hydrogen (secondary N) is 2. The Hall–Kier alpha value is -2.18. The first-order chi connectivity index (χ1) is 10.2. The maximum Gasteiger partial charge on any atom is 0.272 e. The minimum atomic E-state index is -0.210. The average molecular weight is 290 g/mol. The van der Waals surface area contributed by atoms with Gasteiger partial charge in [0, 0.05) is 12.2 Å². The van der Waals surface area contributed by atoms with Crippen LogP contribution in [0.1, 0.15) is 61.7 Å². The quantitative estimate of drug-likeness (QED) is 0.814. The molecule has 2 N–H and O–H groups in total. The summed E-state index contributed by atoms with van der Waals surface area (Å²) in [6, 6.07) is 1.58. The number of carbonyl (C=O) groups excluding carboxylic acids is 1. The van der Waals surface area contributed by atoms with Crippen LogP contribution in [0.15, 0.2) is 12.4 Å². The molecule has 0 fully saturated rings. The van der Waals surface area contributed by atoms with Gasteiger partial charge in [-0.25, -0.2) is 9.67 Å². The molecule has 1 atom stereocenters. The summed E-state index contributed by atoms with van der Waals surface area (Å²) in [6.07, 6.45) is 4.39. The van der Waals surface area contributed by atoms with Gasteiger partial charge in [0.15, 0.2) is 0 Å². The molecule has 0 aliphatic carbocycles. The van der Waals surface area contributed by atoms with E-state index in [9.17, 15) is 4.79 Å². The Labute approximate surface area is 124 Å². The highest BCUT2D eigenvalue weighted by atomic mass is 16.2. The summed E-state index contributed by atoms with van der Waals surface area (Å²) >= 11 is 0. The van der Waals surface area contributed by atoms with Crippen LogP contribution < -0.4 is 5.32 Å².